The topological polar surface area (TPSA) is 23.5 Å². The average Bonchev–Trinajstić information content (AvgIpc) is 2.21. The fourth-order valence-corrected chi connectivity index (χ4v) is 1.71. The fraction of sp³-hybridized carbons (Fsp3) is 0.500. The molecule has 1 unspecified atom stereocenters. The second-order valence-electron chi connectivity index (χ2n) is 4.15. The molecular weight excluding hydrogens is 229 g/mol. The van der Waals surface area contributed by atoms with E-state index in [0.717, 1.165) is 6.54 Å². The van der Waals surface area contributed by atoms with Gasteiger partial charge in [-0.25, -0.2) is 4.39 Å². The van der Waals surface area contributed by atoms with Gasteiger partial charge in [0.1, 0.15) is 5.82 Å². The smallest absolute Gasteiger partial charge is 0.127 e. The summed E-state index contributed by atoms with van der Waals surface area (Å²) in [6, 6.07) is 4.56. The van der Waals surface area contributed by atoms with Gasteiger partial charge in [0.25, 0.3) is 0 Å². The lowest BCUT2D eigenvalue weighted by molar-refractivity contribution is 0.151. The van der Waals surface area contributed by atoms with E-state index in [9.17, 15) is 9.50 Å². The number of halogens is 2. The van der Waals surface area contributed by atoms with Gasteiger partial charge in [-0.05, 0) is 39.2 Å². The van der Waals surface area contributed by atoms with E-state index in [2.05, 4.69) is 0 Å². The van der Waals surface area contributed by atoms with E-state index in [1.54, 1.807) is 12.1 Å². The molecule has 90 valence electrons. The molecule has 0 heterocycles. The summed E-state index contributed by atoms with van der Waals surface area (Å²) >= 11 is 5.87. The molecule has 1 aromatic rings. The quantitative estimate of drug-likeness (QED) is 0.861. The van der Waals surface area contributed by atoms with Gasteiger partial charge in [-0.15, -0.1) is 0 Å². The van der Waals surface area contributed by atoms with Gasteiger partial charge in [-0.1, -0.05) is 17.7 Å². The largest absolute Gasteiger partial charge is 0.393 e. The van der Waals surface area contributed by atoms with Gasteiger partial charge in [0, 0.05) is 17.0 Å². The molecule has 1 atom stereocenters. The minimum absolute atomic E-state index is 0.263. The lowest BCUT2D eigenvalue weighted by Crippen LogP contribution is -2.21. The van der Waals surface area contributed by atoms with Crippen molar-refractivity contribution in [3.05, 3.63) is 34.6 Å². The van der Waals surface area contributed by atoms with Crippen LogP contribution in [-0.2, 0) is 6.42 Å². The average molecular weight is 246 g/mol. The summed E-state index contributed by atoms with van der Waals surface area (Å²) in [6.45, 7) is 0.771. The number of aliphatic hydroxyl groups is 1. The third-order valence-corrected chi connectivity index (χ3v) is 2.77. The summed E-state index contributed by atoms with van der Waals surface area (Å²) in [5, 5.41) is 10.1. The second kappa shape index (κ2) is 6.18. The third kappa shape index (κ3) is 4.08. The Morgan fingerprint density at radius 2 is 2.12 bits per heavy atom. The summed E-state index contributed by atoms with van der Waals surface area (Å²) in [5.74, 6) is -0.351. The van der Waals surface area contributed by atoms with E-state index < -0.39 is 6.10 Å². The summed E-state index contributed by atoms with van der Waals surface area (Å²) in [4.78, 5) is 1.98. The molecule has 0 aliphatic heterocycles. The van der Waals surface area contributed by atoms with Crippen LogP contribution in [0.5, 0.6) is 0 Å². The van der Waals surface area contributed by atoms with Crippen molar-refractivity contribution < 1.29 is 9.50 Å². The predicted molar refractivity (Wildman–Crippen MR) is 64.3 cm³/mol. The van der Waals surface area contributed by atoms with E-state index in [4.69, 9.17) is 11.6 Å². The van der Waals surface area contributed by atoms with Crippen LogP contribution in [0.1, 0.15) is 12.0 Å². The van der Waals surface area contributed by atoms with E-state index >= 15 is 0 Å². The second-order valence-corrected chi connectivity index (χ2v) is 4.56. The number of rotatable bonds is 5. The molecule has 0 aromatic heterocycles. The zero-order valence-electron chi connectivity index (χ0n) is 9.58. The highest BCUT2D eigenvalue weighted by atomic mass is 35.5. The molecule has 0 saturated heterocycles. The van der Waals surface area contributed by atoms with E-state index in [0.29, 0.717) is 17.0 Å². The molecule has 0 amide bonds. The van der Waals surface area contributed by atoms with Crippen molar-refractivity contribution in [2.24, 2.45) is 0 Å². The summed E-state index contributed by atoms with van der Waals surface area (Å²) in [7, 11) is 3.87. The Balaban J connectivity index is 2.59. The summed E-state index contributed by atoms with van der Waals surface area (Å²) < 4.78 is 13.4. The molecule has 0 aliphatic rings. The van der Waals surface area contributed by atoms with Gasteiger partial charge in [-0.3, -0.25) is 0 Å². The van der Waals surface area contributed by atoms with E-state index in [-0.39, 0.29) is 12.2 Å². The van der Waals surface area contributed by atoms with Crippen molar-refractivity contribution in [3.63, 3.8) is 0 Å². The molecule has 2 nitrogen and oxygen atoms in total. The predicted octanol–water partition coefficient (Wildman–Crippen LogP) is 2.33. The normalized spacial score (nSPS) is 13.1. The lowest BCUT2D eigenvalue weighted by Gasteiger charge is -2.15. The number of nitrogens with zero attached hydrogens (tertiary/aromatic N) is 1. The zero-order valence-corrected chi connectivity index (χ0v) is 10.3. The van der Waals surface area contributed by atoms with Crippen LogP contribution < -0.4 is 0 Å². The van der Waals surface area contributed by atoms with E-state index in [1.165, 1.54) is 6.07 Å². The van der Waals surface area contributed by atoms with Gasteiger partial charge in [0.15, 0.2) is 0 Å². The Kier molecular flexibility index (Phi) is 5.19. The highest BCUT2D eigenvalue weighted by Gasteiger charge is 2.12. The Morgan fingerprint density at radius 3 is 2.69 bits per heavy atom. The van der Waals surface area contributed by atoms with Crippen LogP contribution in [0.25, 0.3) is 0 Å². The molecule has 0 fully saturated rings. The molecule has 1 N–H and O–H groups in total. The van der Waals surface area contributed by atoms with Crippen LogP contribution in [-0.4, -0.2) is 36.8 Å². The van der Waals surface area contributed by atoms with Crippen molar-refractivity contribution >= 4 is 11.6 Å². The Morgan fingerprint density at radius 1 is 1.44 bits per heavy atom. The Labute approximate surface area is 101 Å². The first kappa shape index (κ1) is 13.4. The molecule has 16 heavy (non-hydrogen) atoms. The highest BCUT2D eigenvalue weighted by molar-refractivity contribution is 6.31. The maximum absolute atomic E-state index is 13.4. The Bertz CT molecular complexity index is 324. The minimum Gasteiger partial charge on any atom is -0.393 e. The van der Waals surface area contributed by atoms with Gasteiger partial charge in [0.05, 0.1) is 6.10 Å². The van der Waals surface area contributed by atoms with Gasteiger partial charge < -0.3 is 10.0 Å². The first-order chi connectivity index (χ1) is 7.50. The number of hydrogen-bond acceptors (Lipinski definition) is 2. The van der Waals surface area contributed by atoms with Gasteiger partial charge in [-0.2, -0.15) is 0 Å². The maximum Gasteiger partial charge on any atom is 0.127 e. The van der Waals surface area contributed by atoms with Crippen molar-refractivity contribution in [1.29, 1.82) is 0 Å². The molecule has 1 rings (SSSR count). The van der Waals surface area contributed by atoms with Crippen LogP contribution in [0, 0.1) is 5.82 Å². The van der Waals surface area contributed by atoms with Crippen LogP contribution in [0.4, 0.5) is 4.39 Å². The molecule has 0 radical (unpaired) electrons. The molecular formula is C12H17ClFNO. The lowest BCUT2D eigenvalue weighted by atomic mass is 10.0. The zero-order chi connectivity index (χ0) is 12.1. The monoisotopic (exact) mass is 245 g/mol. The molecule has 4 heteroatoms. The minimum atomic E-state index is -0.559. The van der Waals surface area contributed by atoms with E-state index in [1.807, 2.05) is 19.0 Å². The standard InChI is InChI=1S/C12H17ClFNO/c1-15(2)7-6-9(16)8-10-11(13)4-3-5-12(10)14/h3-5,9,16H,6-8H2,1-2H3. The fourth-order valence-electron chi connectivity index (χ4n) is 1.47. The van der Waals surface area contributed by atoms with Crippen LogP contribution in [0.3, 0.4) is 0 Å². The number of aliphatic hydroxyl groups excluding tert-OH is 1. The number of hydrogen-bond donors (Lipinski definition) is 1. The van der Waals surface area contributed by atoms with Crippen molar-refractivity contribution in [2.45, 2.75) is 18.9 Å². The SMILES string of the molecule is CN(C)CCC(O)Cc1c(F)cccc1Cl. The third-order valence-electron chi connectivity index (χ3n) is 2.41. The first-order valence-corrected chi connectivity index (χ1v) is 5.64. The first-order valence-electron chi connectivity index (χ1n) is 5.26. The van der Waals surface area contributed by atoms with Crippen LogP contribution >= 0.6 is 11.6 Å². The van der Waals surface area contributed by atoms with Gasteiger partial charge in [0.2, 0.25) is 0 Å². The molecule has 1 aromatic carbocycles. The summed E-state index contributed by atoms with van der Waals surface area (Å²) in [5.41, 5.74) is 0.399. The maximum atomic E-state index is 13.4. The van der Waals surface area contributed by atoms with Crippen LogP contribution in [0.15, 0.2) is 18.2 Å². The highest BCUT2D eigenvalue weighted by Crippen LogP contribution is 2.21. The Hall–Kier alpha value is -0.640. The van der Waals surface area contributed by atoms with Crippen molar-refractivity contribution in [1.82, 2.24) is 4.90 Å². The molecule has 0 saturated carbocycles. The van der Waals surface area contributed by atoms with Crippen molar-refractivity contribution in [3.8, 4) is 0 Å². The van der Waals surface area contributed by atoms with Crippen molar-refractivity contribution in [2.75, 3.05) is 20.6 Å². The number of benzene rings is 1. The molecule has 0 aliphatic carbocycles. The molecule has 0 bridgehead atoms. The van der Waals surface area contributed by atoms with Crippen LogP contribution in [0.2, 0.25) is 5.02 Å². The molecule has 0 spiro atoms. The van der Waals surface area contributed by atoms with Gasteiger partial charge >= 0.3 is 0 Å². The summed E-state index contributed by atoms with van der Waals surface area (Å²) in [6.07, 6.45) is 0.314.